The van der Waals surface area contributed by atoms with Gasteiger partial charge in [0.25, 0.3) is 0 Å². The number of hydrogen-bond donors (Lipinski definition) is 2. The number of nitrogens with zero attached hydrogens (tertiary/aromatic N) is 1. The maximum Gasteiger partial charge on any atom is 0.123 e. The number of ether oxygens (including phenoxy) is 1. The van der Waals surface area contributed by atoms with Crippen molar-refractivity contribution in [1.82, 2.24) is 4.90 Å². The number of allylic oxidation sites excluding steroid dienone is 1. The summed E-state index contributed by atoms with van der Waals surface area (Å²) in [7, 11) is 2.20. The van der Waals surface area contributed by atoms with Crippen LogP contribution in [0.3, 0.4) is 0 Å². The summed E-state index contributed by atoms with van der Waals surface area (Å²) in [5.74, 6) is 1.30. The predicted molar refractivity (Wildman–Crippen MR) is 163 cm³/mol. The molecular formula is C34H49N3O2. The topological polar surface area (TPSA) is 67.6 Å². The summed E-state index contributed by atoms with van der Waals surface area (Å²) in [5.41, 5.74) is 15.3. The molecule has 1 atom stereocenters. The fraction of sp³-hybridized carbons (Fsp3) is 0.559. The average molecular weight is 532 g/mol. The number of aldehydes is 1. The third kappa shape index (κ3) is 7.95. The summed E-state index contributed by atoms with van der Waals surface area (Å²) >= 11 is 0. The molecule has 2 aromatic carbocycles. The van der Waals surface area contributed by atoms with Gasteiger partial charge in [-0.25, -0.2) is 0 Å². The van der Waals surface area contributed by atoms with Gasteiger partial charge >= 0.3 is 0 Å². The molecule has 0 spiro atoms. The fourth-order valence-electron chi connectivity index (χ4n) is 6.32. The zero-order valence-electron chi connectivity index (χ0n) is 24.4. The highest BCUT2D eigenvalue weighted by atomic mass is 16.5. The van der Waals surface area contributed by atoms with E-state index in [0.29, 0.717) is 5.92 Å². The first-order valence-electron chi connectivity index (χ1n) is 15.1. The summed E-state index contributed by atoms with van der Waals surface area (Å²) in [6.45, 7) is 8.70. The van der Waals surface area contributed by atoms with Crippen LogP contribution in [-0.4, -0.2) is 44.5 Å². The van der Waals surface area contributed by atoms with E-state index in [1.54, 1.807) is 0 Å². The van der Waals surface area contributed by atoms with Crippen LogP contribution in [0.25, 0.3) is 0 Å². The maximum atomic E-state index is 11.0. The van der Waals surface area contributed by atoms with E-state index in [-0.39, 0.29) is 5.92 Å². The van der Waals surface area contributed by atoms with E-state index in [9.17, 15) is 4.79 Å². The van der Waals surface area contributed by atoms with Crippen molar-refractivity contribution >= 4 is 17.7 Å². The van der Waals surface area contributed by atoms with Crippen molar-refractivity contribution in [2.75, 3.05) is 44.4 Å². The Bertz CT molecular complexity index is 1100. The number of anilines is 2. The third-order valence-corrected chi connectivity index (χ3v) is 8.87. The number of carbonyl (C=O) groups is 1. The molecule has 0 bridgehead atoms. The minimum Gasteiger partial charge on any atom is -0.397 e. The molecule has 0 aromatic heterocycles. The highest BCUT2D eigenvalue weighted by Crippen LogP contribution is 2.37. The van der Waals surface area contributed by atoms with Gasteiger partial charge in [0.1, 0.15) is 6.29 Å². The monoisotopic (exact) mass is 531 g/mol. The minimum absolute atomic E-state index is 0.259. The summed E-state index contributed by atoms with van der Waals surface area (Å²) < 4.78 is 5.79. The molecule has 39 heavy (non-hydrogen) atoms. The van der Waals surface area contributed by atoms with E-state index in [1.807, 2.05) is 0 Å². The molecule has 212 valence electrons. The van der Waals surface area contributed by atoms with Gasteiger partial charge < -0.3 is 25.5 Å². The van der Waals surface area contributed by atoms with Gasteiger partial charge in [0.05, 0.1) is 11.4 Å². The van der Waals surface area contributed by atoms with Crippen LogP contribution in [0.15, 0.2) is 42.5 Å². The Morgan fingerprint density at radius 3 is 2.72 bits per heavy atom. The van der Waals surface area contributed by atoms with Crippen molar-refractivity contribution in [3.63, 3.8) is 0 Å². The van der Waals surface area contributed by atoms with Gasteiger partial charge in [-0.1, -0.05) is 36.4 Å². The molecule has 1 saturated carbocycles. The van der Waals surface area contributed by atoms with E-state index < -0.39 is 0 Å². The van der Waals surface area contributed by atoms with Crippen molar-refractivity contribution in [2.45, 2.75) is 77.7 Å². The van der Waals surface area contributed by atoms with Crippen LogP contribution in [0.5, 0.6) is 0 Å². The Hall–Kier alpha value is -2.63. The lowest BCUT2D eigenvalue weighted by atomic mass is 9.81. The zero-order chi connectivity index (χ0) is 27.6. The first-order valence-corrected chi connectivity index (χ1v) is 15.1. The number of nitrogens with one attached hydrogen (secondary N) is 1. The Kier molecular flexibility index (Phi) is 11.0. The van der Waals surface area contributed by atoms with E-state index in [0.717, 1.165) is 101 Å². The molecule has 1 unspecified atom stereocenters. The second kappa shape index (κ2) is 14.7. The number of hydrogen-bond acceptors (Lipinski definition) is 5. The highest BCUT2D eigenvalue weighted by Gasteiger charge is 2.22. The van der Waals surface area contributed by atoms with Crippen molar-refractivity contribution in [3.05, 3.63) is 70.3 Å². The predicted octanol–water partition coefficient (Wildman–Crippen LogP) is 6.88. The van der Waals surface area contributed by atoms with Gasteiger partial charge in [0, 0.05) is 44.7 Å². The van der Waals surface area contributed by atoms with Gasteiger partial charge in [-0.15, -0.1) is 0 Å². The molecule has 5 nitrogen and oxygen atoms in total. The maximum absolute atomic E-state index is 11.0. The molecule has 1 aliphatic carbocycles. The molecule has 4 rings (SSSR count). The third-order valence-electron chi connectivity index (χ3n) is 8.87. The van der Waals surface area contributed by atoms with Crippen LogP contribution < -0.4 is 11.1 Å². The van der Waals surface area contributed by atoms with E-state index in [4.69, 9.17) is 10.5 Å². The largest absolute Gasteiger partial charge is 0.397 e. The summed E-state index contributed by atoms with van der Waals surface area (Å²) in [6, 6.07) is 11.5. The second-order valence-electron chi connectivity index (χ2n) is 11.6. The number of nitrogen functional groups attached to an aromatic ring is 1. The van der Waals surface area contributed by atoms with Gasteiger partial charge in [0.2, 0.25) is 0 Å². The lowest BCUT2D eigenvalue weighted by Gasteiger charge is -2.28. The van der Waals surface area contributed by atoms with Crippen LogP contribution in [0.4, 0.5) is 11.4 Å². The van der Waals surface area contributed by atoms with Crippen LogP contribution in [-0.2, 0) is 22.5 Å². The van der Waals surface area contributed by atoms with Gasteiger partial charge in [-0.05, 0) is 112 Å². The van der Waals surface area contributed by atoms with Crippen LogP contribution in [0, 0.1) is 18.8 Å². The first kappa shape index (κ1) is 29.4. The lowest BCUT2D eigenvalue weighted by molar-refractivity contribution is -0.112. The zero-order valence-corrected chi connectivity index (χ0v) is 24.4. The normalized spacial score (nSPS) is 20.6. The molecule has 0 radical (unpaired) electrons. The second-order valence-corrected chi connectivity index (χ2v) is 11.6. The number of nitrogens with two attached hydrogens (primary N) is 1. The molecule has 1 aliphatic heterocycles. The Balaban J connectivity index is 1.38. The van der Waals surface area contributed by atoms with Crippen molar-refractivity contribution in [1.29, 1.82) is 0 Å². The number of likely N-dealkylation sites (N-methyl/N-ethyl adjacent to an activating group) is 1. The smallest absolute Gasteiger partial charge is 0.123 e. The van der Waals surface area contributed by atoms with Crippen LogP contribution in [0.1, 0.15) is 85.6 Å². The quantitative estimate of drug-likeness (QED) is 0.128. The molecule has 2 aliphatic rings. The molecule has 2 aromatic rings. The van der Waals surface area contributed by atoms with Crippen molar-refractivity contribution in [3.8, 4) is 0 Å². The van der Waals surface area contributed by atoms with E-state index in [1.165, 1.54) is 35.1 Å². The molecule has 0 saturated heterocycles. The van der Waals surface area contributed by atoms with E-state index >= 15 is 0 Å². The molecule has 3 N–H and O–H groups in total. The standard InChI is InChI=1S/C34H49N3O2/c1-4-39-21-18-32(29-14-13-28-17-20-37(3)23-30(28)22-29)31-15-16-33(34(35)25(31)2)36-19-7-5-6-8-26-9-11-27(24-38)12-10-26/h5-6,13-16,22,24,26-27,32,36H,4,7-12,17-21,23,35H2,1-3H3. The Morgan fingerprint density at radius 1 is 1.13 bits per heavy atom. The Labute approximate surface area is 236 Å². The summed E-state index contributed by atoms with van der Waals surface area (Å²) in [5, 5.41) is 3.56. The lowest BCUT2D eigenvalue weighted by Crippen LogP contribution is -2.26. The van der Waals surface area contributed by atoms with Gasteiger partial charge in [-0.3, -0.25) is 0 Å². The number of carbonyl (C=O) groups excluding carboxylic acids is 1. The number of benzene rings is 2. The van der Waals surface area contributed by atoms with Crippen LogP contribution in [0.2, 0.25) is 0 Å². The Morgan fingerprint density at radius 2 is 1.95 bits per heavy atom. The van der Waals surface area contributed by atoms with Gasteiger partial charge in [-0.2, -0.15) is 0 Å². The van der Waals surface area contributed by atoms with Gasteiger partial charge in [0.15, 0.2) is 0 Å². The highest BCUT2D eigenvalue weighted by molar-refractivity contribution is 5.72. The molecule has 1 fully saturated rings. The number of rotatable bonds is 13. The van der Waals surface area contributed by atoms with E-state index in [2.05, 4.69) is 73.6 Å². The van der Waals surface area contributed by atoms with Crippen molar-refractivity contribution in [2.24, 2.45) is 11.8 Å². The SMILES string of the molecule is CCOCCC(c1ccc2c(c1)CN(C)CC2)c1ccc(NCCC=CCC2CCC(C=O)CC2)c(N)c1C. The molecule has 1 heterocycles. The average Bonchev–Trinajstić information content (AvgIpc) is 2.95. The molecule has 0 amide bonds. The van der Waals surface area contributed by atoms with Crippen LogP contribution >= 0.6 is 0 Å². The molecule has 5 heteroatoms. The van der Waals surface area contributed by atoms with Crippen molar-refractivity contribution < 1.29 is 9.53 Å². The fourth-order valence-corrected chi connectivity index (χ4v) is 6.32. The number of fused-ring (bicyclic) bond motifs is 1. The summed E-state index contributed by atoms with van der Waals surface area (Å²) in [6.07, 6.45) is 14.4. The summed E-state index contributed by atoms with van der Waals surface area (Å²) in [4.78, 5) is 13.4. The minimum atomic E-state index is 0.259. The molecular weight excluding hydrogens is 482 g/mol. The first-order chi connectivity index (χ1) is 19.0.